The number of benzene rings is 1. The van der Waals surface area contributed by atoms with E-state index >= 15 is 0 Å². The van der Waals surface area contributed by atoms with E-state index in [1.54, 1.807) is 12.1 Å². The number of amides is 2. The zero-order valence-corrected chi connectivity index (χ0v) is 18.1. The summed E-state index contributed by atoms with van der Waals surface area (Å²) in [5.41, 5.74) is 1.44. The van der Waals surface area contributed by atoms with E-state index in [1.807, 2.05) is 11.9 Å². The minimum atomic E-state index is -4.44. The molecular weight excluding hydrogens is 446 g/mol. The Labute approximate surface area is 185 Å². The third kappa shape index (κ3) is 6.37. The minimum Gasteiger partial charge on any atom is -0.372 e. The van der Waals surface area contributed by atoms with Crippen LogP contribution in [0.5, 0.6) is 0 Å². The highest BCUT2D eigenvalue weighted by Gasteiger charge is 2.43. The van der Waals surface area contributed by atoms with Crippen molar-refractivity contribution in [2.75, 3.05) is 56.5 Å². The number of piperazine rings is 1. The number of hydrogen-bond acceptors (Lipinski definition) is 5. The van der Waals surface area contributed by atoms with Crippen molar-refractivity contribution >= 4 is 48.0 Å². The Bertz CT molecular complexity index is 745. The minimum absolute atomic E-state index is 0. The molecule has 12 heteroatoms. The van der Waals surface area contributed by atoms with Gasteiger partial charge in [0.1, 0.15) is 6.04 Å². The quantitative estimate of drug-likeness (QED) is 0.624. The van der Waals surface area contributed by atoms with Crippen LogP contribution >= 0.6 is 24.8 Å². The Morgan fingerprint density at radius 1 is 1.20 bits per heavy atom. The number of nitrogens with zero attached hydrogens (tertiary/aromatic N) is 2. The number of nitrogens with one attached hydrogen (secondary N) is 3. The Kier molecular flexibility index (Phi) is 9.67. The first-order valence-electron chi connectivity index (χ1n) is 9.20. The zero-order chi connectivity index (χ0) is 20.3. The summed E-state index contributed by atoms with van der Waals surface area (Å²) in [5, 5.41) is 8.15. The second-order valence-corrected chi connectivity index (χ2v) is 7.01. The molecule has 1 fully saturated rings. The van der Waals surface area contributed by atoms with Crippen LogP contribution in [0.3, 0.4) is 0 Å². The SMILES string of the molecule is CN1CCC(=O)Nc2cc(C(=O)NCC(N3CCNCC3)C(F)(F)F)ccc21.Cl.Cl. The van der Waals surface area contributed by atoms with Crippen LogP contribution in [0.15, 0.2) is 18.2 Å². The van der Waals surface area contributed by atoms with Crippen molar-refractivity contribution in [2.45, 2.75) is 18.6 Å². The summed E-state index contributed by atoms with van der Waals surface area (Å²) >= 11 is 0. The van der Waals surface area contributed by atoms with Gasteiger partial charge in [-0.1, -0.05) is 0 Å². The van der Waals surface area contributed by atoms with E-state index < -0.39 is 24.7 Å². The summed E-state index contributed by atoms with van der Waals surface area (Å²) in [7, 11) is 1.83. The molecule has 30 heavy (non-hydrogen) atoms. The van der Waals surface area contributed by atoms with E-state index in [2.05, 4.69) is 16.0 Å². The molecule has 3 N–H and O–H groups in total. The standard InChI is InChI=1S/C18H24F3N5O2.2ClH/c1-25-7-4-16(27)24-13-10-12(2-3-14(13)25)17(28)23-11-15(18(19,20)21)26-8-5-22-6-9-26;;/h2-3,10,15,22H,4-9,11H2,1H3,(H,23,28)(H,24,27);2*1H. The van der Waals surface area contributed by atoms with Crippen LogP contribution < -0.4 is 20.9 Å². The van der Waals surface area contributed by atoms with Gasteiger partial charge < -0.3 is 20.9 Å². The molecule has 3 rings (SSSR count). The fraction of sp³-hybridized carbons (Fsp3) is 0.556. The molecule has 2 amide bonds. The normalized spacial score (nSPS) is 18.1. The van der Waals surface area contributed by atoms with Gasteiger partial charge in [0, 0.05) is 58.3 Å². The summed E-state index contributed by atoms with van der Waals surface area (Å²) in [5.74, 6) is -0.771. The van der Waals surface area contributed by atoms with Crippen LogP contribution in [-0.2, 0) is 4.79 Å². The number of carbonyl (C=O) groups is 2. The Morgan fingerprint density at radius 2 is 1.87 bits per heavy atom. The molecule has 0 aliphatic carbocycles. The van der Waals surface area contributed by atoms with Crippen LogP contribution in [-0.4, -0.2) is 75.2 Å². The number of hydrogen-bond donors (Lipinski definition) is 3. The van der Waals surface area contributed by atoms with Gasteiger partial charge in [0.15, 0.2) is 0 Å². The van der Waals surface area contributed by atoms with Gasteiger partial charge in [-0.15, -0.1) is 24.8 Å². The smallest absolute Gasteiger partial charge is 0.372 e. The number of anilines is 2. The summed E-state index contributed by atoms with van der Waals surface area (Å²) in [6.07, 6.45) is -4.11. The van der Waals surface area contributed by atoms with Crippen LogP contribution in [0.1, 0.15) is 16.8 Å². The number of fused-ring (bicyclic) bond motifs is 1. The molecule has 2 heterocycles. The fourth-order valence-electron chi connectivity index (χ4n) is 3.45. The molecule has 1 unspecified atom stereocenters. The van der Waals surface area contributed by atoms with E-state index in [9.17, 15) is 22.8 Å². The average Bonchev–Trinajstić information content (AvgIpc) is 2.79. The van der Waals surface area contributed by atoms with Crippen LogP contribution in [0.25, 0.3) is 0 Å². The van der Waals surface area contributed by atoms with E-state index in [0.29, 0.717) is 31.7 Å². The van der Waals surface area contributed by atoms with E-state index in [1.165, 1.54) is 11.0 Å². The average molecular weight is 472 g/mol. The Hall–Kier alpha value is -1.75. The molecule has 1 aromatic carbocycles. The monoisotopic (exact) mass is 471 g/mol. The molecule has 170 valence electrons. The Morgan fingerprint density at radius 3 is 2.50 bits per heavy atom. The van der Waals surface area contributed by atoms with Gasteiger partial charge in [0.2, 0.25) is 5.91 Å². The van der Waals surface area contributed by atoms with Gasteiger partial charge in [-0.25, -0.2) is 0 Å². The highest BCUT2D eigenvalue weighted by molar-refractivity contribution is 6.00. The van der Waals surface area contributed by atoms with Crippen molar-refractivity contribution < 1.29 is 22.8 Å². The highest BCUT2D eigenvalue weighted by atomic mass is 35.5. The van der Waals surface area contributed by atoms with Gasteiger partial charge >= 0.3 is 6.18 Å². The molecule has 2 aliphatic rings. The topological polar surface area (TPSA) is 76.7 Å². The van der Waals surface area contributed by atoms with Crippen molar-refractivity contribution in [3.05, 3.63) is 23.8 Å². The molecule has 1 atom stereocenters. The largest absolute Gasteiger partial charge is 0.405 e. The lowest BCUT2D eigenvalue weighted by atomic mass is 10.1. The van der Waals surface area contributed by atoms with Crippen LogP contribution in [0, 0.1) is 0 Å². The van der Waals surface area contributed by atoms with Gasteiger partial charge in [0.25, 0.3) is 5.91 Å². The van der Waals surface area contributed by atoms with Gasteiger partial charge in [-0.2, -0.15) is 13.2 Å². The lowest BCUT2D eigenvalue weighted by molar-refractivity contribution is -0.183. The summed E-state index contributed by atoms with van der Waals surface area (Å²) in [6, 6.07) is 3.01. The van der Waals surface area contributed by atoms with Crippen molar-refractivity contribution in [3.8, 4) is 0 Å². The zero-order valence-electron chi connectivity index (χ0n) is 16.4. The van der Waals surface area contributed by atoms with Crippen molar-refractivity contribution in [2.24, 2.45) is 0 Å². The molecule has 0 saturated carbocycles. The summed E-state index contributed by atoms with van der Waals surface area (Å²) in [6.45, 7) is 1.54. The summed E-state index contributed by atoms with van der Waals surface area (Å²) in [4.78, 5) is 27.5. The van der Waals surface area contributed by atoms with Crippen molar-refractivity contribution in [3.63, 3.8) is 0 Å². The molecule has 2 aliphatic heterocycles. The van der Waals surface area contributed by atoms with Gasteiger partial charge in [-0.05, 0) is 18.2 Å². The summed E-state index contributed by atoms with van der Waals surface area (Å²) < 4.78 is 40.3. The Balaban J connectivity index is 0.00000225. The second-order valence-electron chi connectivity index (χ2n) is 7.01. The number of halogens is 5. The molecule has 1 saturated heterocycles. The maximum atomic E-state index is 13.4. The lowest BCUT2D eigenvalue weighted by Crippen LogP contribution is -2.57. The first kappa shape index (κ1) is 26.3. The molecule has 0 bridgehead atoms. The molecule has 0 radical (unpaired) electrons. The van der Waals surface area contributed by atoms with Crippen molar-refractivity contribution in [1.29, 1.82) is 0 Å². The maximum Gasteiger partial charge on any atom is 0.405 e. The second kappa shape index (κ2) is 11.0. The number of alkyl halides is 3. The molecule has 0 spiro atoms. The first-order chi connectivity index (χ1) is 13.3. The van der Waals surface area contributed by atoms with Crippen LogP contribution in [0.4, 0.5) is 24.5 Å². The van der Waals surface area contributed by atoms with Crippen LogP contribution in [0.2, 0.25) is 0 Å². The van der Waals surface area contributed by atoms with E-state index in [0.717, 1.165) is 5.69 Å². The third-order valence-electron chi connectivity index (χ3n) is 5.04. The number of carbonyl (C=O) groups excluding carboxylic acids is 2. The molecule has 7 nitrogen and oxygen atoms in total. The first-order valence-corrected chi connectivity index (χ1v) is 9.20. The lowest BCUT2D eigenvalue weighted by Gasteiger charge is -2.35. The third-order valence-corrected chi connectivity index (χ3v) is 5.04. The predicted molar refractivity (Wildman–Crippen MR) is 114 cm³/mol. The van der Waals surface area contributed by atoms with E-state index in [4.69, 9.17) is 0 Å². The van der Waals surface area contributed by atoms with Gasteiger partial charge in [0.05, 0.1) is 11.4 Å². The molecule has 1 aromatic rings. The fourth-order valence-corrected chi connectivity index (χ4v) is 3.45. The van der Waals surface area contributed by atoms with E-state index in [-0.39, 0.29) is 49.4 Å². The highest BCUT2D eigenvalue weighted by Crippen LogP contribution is 2.29. The maximum absolute atomic E-state index is 13.4. The van der Waals surface area contributed by atoms with Gasteiger partial charge in [-0.3, -0.25) is 14.5 Å². The predicted octanol–water partition coefficient (Wildman–Crippen LogP) is 1.87. The molecule has 0 aromatic heterocycles. The van der Waals surface area contributed by atoms with Crippen molar-refractivity contribution in [1.82, 2.24) is 15.5 Å². The number of rotatable bonds is 4. The molecular formula is C18H26Cl2F3N5O2.